The standard InChI is InChI=1S/C14H16N4O/c19-14(11-5-1-2-6-11)17-12-7-3-4-8-13(12)18-10-15-9-16-18/h3-4,7-11H,1-2,5-6H2,(H,17,19). The van der Waals surface area contributed by atoms with Crippen LogP contribution in [0.15, 0.2) is 36.9 Å². The van der Waals surface area contributed by atoms with Crippen molar-refractivity contribution in [3.8, 4) is 5.69 Å². The Kier molecular flexibility index (Phi) is 3.27. The minimum absolute atomic E-state index is 0.116. The molecule has 1 aliphatic rings. The van der Waals surface area contributed by atoms with Gasteiger partial charge in [0.2, 0.25) is 5.91 Å². The zero-order valence-corrected chi connectivity index (χ0v) is 10.6. The van der Waals surface area contributed by atoms with E-state index in [2.05, 4.69) is 15.4 Å². The molecule has 0 saturated heterocycles. The first kappa shape index (κ1) is 11.9. The van der Waals surface area contributed by atoms with Crippen LogP contribution >= 0.6 is 0 Å². The number of nitrogens with zero attached hydrogens (tertiary/aromatic N) is 3. The van der Waals surface area contributed by atoms with Crippen LogP contribution in [-0.2, 0) is 4.79 Å². The summed E-state index contributed by atoms with van der Waals surface area (Å²) in [6.07, 6.45) is 7.41. The summed E-state index contributed by atoms with van der Waals surface area (Å²) < 4.78 is 1.66. The Morgan fingerprint density at radius 3 is 2.79 bits per heavy atom. The second-order valence-electron chi connectivity index (χ2n) is 4.83. The predicted octanol–water partition coefficient (Wildman–Crippen LogP) is 2.40. The maximum absolute atomic E-state index is 12.2. The van der Waals surface area contributed by atoms with E-state index in [0.29, 0.717) is 0 Å². The number of carbonyl (C=O) groups excluding carboxylic acids is 1. The number of rotatable bonds is 3. The quantitative estimate of drug-likeness (QED) is 0.917. The number of anilines is 1. The molecule has 0 spiro atoms. The number of benzene rings is 1. The number of nitrogens with one attached hydrogen (secondary N) is 1. The van der Waals surface area contributed by atoms with E-state index in [4.69, 9.17) is 0 Å². The molecule has 5 heteroatoms. The SMILES string of the molecule is O=C(Nc1ccccc1-n1cncn1)C1CCCC1. The molecule has 1 aliphatic carbocycles. The van der Waals surface area contributed by atoms with Crippen LogP contribution in [0.5, 0.6) is 0 Å². The normalized spacial score (nSPS) is 15.6. The smallest absolute Gasteiger partial charge is 0.227 e. The largest absolute Gasteiger partial charge is 0.324 e. The topological polar surface area (TPSA) is 59.8 Å². The third-order valence-electron chi connectivity index (χ3n) is 3.55. The molecule has 1 aromatic carbocycles. The molecule has 0 aliphatic heterocycles. The van der Waals surface area contributed by atoms with Crippen molar-refractivity contribution in [2.45, 2.75) is 25.7 Å². The zero-order valence-electron chi connectivity index (χ0n) is 10.6. The molecule has 1 amide bonds. The number of amides is 1. The van der Waals surface area contributed by atoms with Gasteiger partial charge in [-0.2, -0.15) is 5.10 Å². The lowest BCUT2D eigenvalue weighted by atomic mass is 10.1. The van der Waals surface area contributed by atoms with Gasteiger partial charge in [-0.15, -0.1) is 0 Å². The van der Waals surface area contributed by atoms with Crippen molar-refractivity contribution in [2.75, 3.05) is 5.32 Å². The van der Waals surface area contributed by atoms with Crippen molar-refractivity contribution in [3.05, 3.63) is 36.9 Å². The molecule has 0 atom stereocenters. The molecule has 1 N–H and O–H groups in total. The number of aromatic nitrogens is 3. The number of hydrogen-bond donors (Lipinski definition) is 1. The lowest BCUT2D eigenvalue weighted by molar-refractivity contribution is -0.119. The van der Waals surface area contributed by atoms with Crippen LogP contribution in [0, 0.1) is 5.92 Å². The second-order valence-corrected chi connectivity index (χ2v) is 4.83. The fourth-order valence-corrected chi connectivity index (χ4v) is 2.53. The van der Waals surface area contributed by atoms with E-state index in [1.165, 1.54) is 6.33 Å². The first-order valence-electron chi connectivity index (χ1n) is 6.59. The highest BCUT2D eigenvalue weighted by Gasteiger charge is 2.23. The summed E-state index contributed by atoms with van der Waals surface area (Å²) in [4.78, 5) is 16.1. The van der Waals surface area contributed by atoms with Gasteiger partial charge in [-0.05, 0) is 25.0 Å². The van der Waals surface area contributed by atoms with E-state index in [1.54, 1.807) is 11.0 Å². The minimum atomic E-state index is 0.116. The summed E-state index contributed by atoms with van der Waals surface area (Å²) in [6, 6.07) is 7.63. The van der Waals surface area contributed by atoms with Crippen LogP contribution in [0.3, 0.4) is 0 Å². The van der Waals surface area contributed by atoms with Crippen molar-refractivity contribution in [1.29, 1.82) is 0 Å². The van der Waals surface area contributed by atoms with Gasteiger partial charge >= 0.3 is 0 Å². The fourth-order valence-electron chi connectivity index (χ4n) is 2.53. The highest BCUT2D eigenvalue weighted by Crippen LogP contribution is 2.27. The third kappa shape index (κ3) is 2.50. The summed E-state index contributed by atoms with van der Waals surface area (Å²) in [5.41, 5.74) is 1.62. The first-order chi connectivity index (χ1) is 9.34. The maximum Gasteiger partial charge on any atom is 0.227 e. The van der Waals surface area contributed by atoms with Crippen LogP contribution in [-0.4, -0.2) is 20.7 Å². The second kappa shape index (κ2) is 5.22. The molecule has 2 aromatic rings. The van der Waals surface area contributed by atoms with Gasteiger partial charge < -0.3 is 5.32 Å². The summed E-state index contributed by atoms with van der Waals surface area (Å²) in [5, 5.41) is 7.12. The van der Waals surface area contributed by atoms with Crippen LogP contribution in [0.25, 0.3) is 5.69 Å². The number of carbonyl (C=O) groups is 1. The van der Waals surface area contributed by atoms with Gasteiger partial charge in [-0.25, -0.2) is 9.67 Å². The number of hydrogen-bond acceptors (Lipinski definition) is 3. The molecule has 1 fully saturated rings. The van der Waals surface area contributed by atoms with Gasteiger partial charge in [0.1, 0.15) is 12.7 Å². The first-order valence-corrected chi connectivity index (χ1v) is 6.59. The molecule has 3 rings (SSSR count). The molecule has 0 radical (unpaired) electrons. The molecule has 1 aromatic heterocycles. The van der Waals surface area contributed by atoms with Gasteiger partial charge in [0.25, 0.3) is 0 Å². The van der Waals surface area contributed by atoms with Crippen molar-refractivity contribution in [1.82, 2.24) is 14.8 Å². The summed E-state index contributed by atoms with van der Waals surface area (Å²) in [6.45, 7) is 0. The number of para-hydroxylation sites is 2. The molecule has 0 bridgehead atoms. The van der Waals surface area contributed by atoms with Crippen LogP contribution in [0.1, 0.15) is 25.7 Å². The van der Waals surface area contributed by atoms with Gasteiger partial charge in [0.05, 0.1) is 11.4 Å². The summed E-state index contributed by atoms with van der Waals surface area (Å²) in [5.74, 6) is 0.272. The molecule has 5 nitrogen and oxygen atoms in total. The van der Waals surface area contributed by atoms with E-state index >= 15 is 0 Å². The van der Waals surface area contributed by atoms with E-state index in [-0.39, 0.29) is 11.8 Å². The van der Waals surface area contributed by atoms with E-state index in [1.807, 2.05) is 24.3 Å². The Morgan fingerprint density at radius 2 is 2.05 bits per heavy atom. The average molecular weight is 256 g/mol. The molecule has 98 valence electrons. The van der Waals surface area contributed by atoms with E-state index in [0.717, 1.165) is 37.1 Å². The monoisotopic (exact) mass is 256 g/mol. The molecule has 0 unspecified atom stereocenters. The van der Waals surface area contributed by atoms with Gasteiger partial charge in [0.15, 0.2) is 0 Å². The molecule has 1 heterocycles. The maximum atomic E-state index is 12.2. The zero-order chi connectivity index (χ0) is 13.1. The Labute approximate surface area is 111 Å². The van der Waals surface area contributed by atoms with Gasteiger partial charge in [-0.3, -0.25) is 4.79 Å². The van der Waals surface area contributed by atoms with Crippen LogP contribution in [0.4, 0.5) is 5.69 Å². The van der Waals surface area contributed by atoms with Crippen LogP contribution in [0.2, 0.25) is 0 Å². The van der Waals surface area contributed by atoms with Crippen molar-refractivity contribution in [2.24, 2.45) is 5.92 Å². The Balaban J connectivity index is 1.83. The summed E-state index contributed by atoms with van der Waals surface area (Å²) in [7, 11) is 0. The average Bonchev–Trinajstić information content (AvgIpc) is 3.13. The lowest BCUT2D eigenvalue weighted by Crippen LogP contribution is -2.21. The van der Waals surface area contributed by atoms with Gasteiger partial charge in [0, 0.05) is 5.92 Å². The molecular weight excluding hydrogens is 240 g/mol. The third-order valence-corrected chi connectivity index (χ3v) is 3.55. The lowest BCUT2D eigenvalue weighted by Gasteiger charge is -2.13. The Hall–Kier alpha value is -2.17. The molecule has 1 saturated carbocycles. The Bertz CT molecular complexity index is 559. The summed E-state index contributed by atoms with van der Waals surface area (Å²) >= 11 is 0. The van der Waals surface area contributed by atoms with Crippen molar-refractivity contribution >= 4 is 11.6 Å². The van der Waals surface area contributed by atoms with Crippen molar-refractivity contribution < 1.29 is 4.79 Å². The fraction of sp³-hybridized carbons (Fsp3) is 0.357. The van der Waals surface area contributed by atoms with Gasteiger partial charge in [-0.1, -0.05) is 25.0 Å². The molecular formula is C14H16N4O. The van der Waals surface area contributed by atoms with E-state index < -0.39 is 0 Å². The highest BCUT2D eigenvalue weighted by atomic mass is 16.1. The Morgan fingerprint density at radius 1 is 1.26 bits per heavy atom. The minimum Gasteiger partial charge on any atom is -0.324 e. The molecule has 19 heavy (non-hydrogen) atoms. The predicted molar refractivity (Wildman–Crippen MR) is 71.9 cm³/mol. The van der Waals surface area contributed by atoms with Crippen molar-refractivity contribution in [3.63, 3.8) is 0 Å². The van der Waals surface area contributed by atoms with Crippen LogP contribution < -0.4 is 5.32 Å². The van der Waals surface area contributed by atoms with E-state index in [9.17, 15) is 4.79 Å². The highest BCUT2D eigenvalue weighted by molar-refractivity contribution is 5.94.